The van der Waals surface area contributed by atoms with Crippen LogP contribution in [-0.2, 0) is 4.74 Å². The summed E-state index contributed by atoms with van der Waals surface area (Å²) in [6, 6.07) is 2.38. The van der Waals surface area contributed by atoms with Gasteiger partial charge in [-0.05, 0) is 26.3 Å². The topological polar surface area (TPSA) is 49.0 Å². The summed E-state index contributed by atoms with van der Waals surface area (Å²) in [5.41, 5.74) is 0.542. The first-order chi connectivity index (χ1) is 8.66. The van der Waals surface area contributed by atoms with Gasteiger partial charge in [-0.25, -0.2) is 0 Å². The number of hydrogen-bond acceptors (Lipinski definition) is 3. The molecule has 3 heterocycles. The third-order valence-electron chi connectivity index (χ3n) is 3.44. The Morgan fingerprint density at radius 1 is 1.50 bits per heavy atom. The number of pyridine rings is 1. The van der Waals surface area contributed by atoms with Gasteiger partial charge in [0.25, 0.3) is 5.56 Å². The third kappa shape index (κ3) is 1.75. The highest BCUT2D eigenvalue weighted by atomic mass is 16.5. The quantitative estimate of drug-likeness (QED) is 0.812. The van der Waals surface area contributed by atoms with E-state index in [0.717, 1.165) is 18.4 Å². The second-order valence-electron chi connectivity index (χ2n) is 5.05. The minimum absolute atomic E-state index is 0.0117. The van der Waals surface area contributed by atoms with E-state index in [4.69, 9.17) is 4.74 Å². The van der Waals surface area contributed by atoms with Gasteiger partial charge in [0.05, 0.1) is 12.6 Å². The molecule has 0 amide bonds. The minimum Gasteiger partial charge on any atom is -0.379 e. The number of nitrogens with zero attached hydrogens (tertiary/aromatic N) is 3. The first kappa shape index (κ1) is 11.5. The number of hydrogen-bond donors (Lipinski definition) is 0. The van der Waals surface area contributed by atoms with Gasteiger partial charge >= 0.3 is 0 Å². The van der Waals surface area contributed by atoms with Crippen molar-refractivity contribution >= 4 is 10.9 Å². The lowest BCUT2D eigenvalue weighted by Crippen LogP contribution is -2.24. The Labute approximate surface area is 105 Å². The summed E-state index contributed by atoms with van der Waals surface area (Å²) in [5, 5.41) is 5.29. The van der Waals surface area contributed by atoms with Crippen molar-refractivity contribution in [2.24, 2.45) is 0 Å². The summed E-state index contributed by atoms with van der Waals surface area (Å²) in [5.74, 6) is 0. The van der Waals surface area contributed by atoms with Crippen LogP contribution in [0.5, 0.6) is 0 Å². The predicted octanol–water partition coefficient (Wildman–Crippen LogP) is 1.74. The molecule has 0 aromatic carbocycles. The third-order valence-corrected chi connectivity index (χ3v) is 3.44. The Hall–Kier alpha value is -1.62. The molecule has 0 unspecified atom stereocenters. The summed E-state index contributed by atoms with van der Waals surface area (Å²) < 4.78 is 8.93. The van der Waals surface area contributed by atoms with E-state index in [1.807, 2.05) is 23.1 Å². The molecule has 2 aromatic rings. The van der Waals surface area contributed by atoms with E-state index < -0.39 is 0 Å². The molecule has 0 bridgehead atoms. The van der Waals surface area contributed by atoms with E-state index in [1.165, 1.54) is 0 Å². The van der Waals surface area contributed by atoms with Crippen LogP contribution in [0.1, 0.15) is 32.4 Å². The molecule has 0 N–H and O–H groups in total. The molecule has 5 heteroatoms. The van der Waals surface area contributed by atoms with Gasteiger partial charge in [-0.2, -0.15) is 5.10 Å². The van der Waals surface area contributed by atoms with E-state index in [-0.39, 0.29) is 17.6 Å². The predicted molar refractivity (Wildman–Crippen MR) is 68.9 cm³/mol. The van der Waals surface area contributed by atoms with Crippen LogP contribution in [0.2, 0.25) is 0 Å². The molecular formula is C13H17N3O2. The number of rotatable bonds is 2. The summed E-state index contributed by atoms with van der Waals surface area (Å²) in [7, 11) is 0. The number of fused-ring (bicyclic) bond motifs is 1. The Bertz CT molecular complexity index is 621. The van der Waals surface area contributed by atoms with E-state index >= 15 is 0 Å². The van der Waals surface area contributed by atoms with Crippen LogP contribution in [0.3, 0.4) is 0 Å². The van der Waals surface area contributed by atoms with E-state index in [9.17, 15) is 4.79 Å². The van der Waals surface area contributed by atoms with Crippen molar-refractivity contribution in [3.63, 3.8) is 0 Å². The van der Waals surface area contributed by atoms with Gasteiger partial charge in [0.15, 0.2) is 5.52 Å². The van der Waals surface area contributed by atoms with Gasteiger partial charge in [0, 0.05) is 30.4 Å². The largest absolute Gasteiger partial charge is 0.379 e. The van der Waals surface area contributed by atoms with Crippen molar-refractivity contribution in [3.05, 3.63) is 28.8 Å². The molecule has 2 aromatic heterocycles. The molecule has 0 aliphatic carbocycles. The van der Waals surface area contributed by atoms with Gasteiger partial charge in [0.1, 0.15) is 0 Å². The fraction of sp³-hybridized carbons (Fsp3) is 0.538. The van der Waals surface area contributed by atoms with Crippen molar-refractivity contribution in [1.82, 2.24) is 14.3 Å². The van der Waals surface area contributed by atoms with Crippen LogP contribution < -0.4 is 5.56 Å². The lowest BCUT2D eigenvalue weighted by Gasteiger charge is -2.10. The highest BCUT2D eigenvalue weighted by molar-refractivity contribution is 5.76. The van der Waals surface area contributed by atoms with Crippen molar-refractivity contribution in [1.29, 1.82) is 0 Å². The van der Waals surface area contributed by atoms with Crippen molar-refractivity contribution in [3.8, 4) is 0 Å². The Balaban J connectivity index is 2.13. The maximum absolute atomic E-state index is 12.4. The molecule has 1 aliphatic rings. The monoisotopic (exact) mass is 247 g/mol. The van der Waals surface area contributed by atoms with Crippen molar-refractivity contribution in [2.45, 2.75) is 32.4 Å². The summed E-state index contributed by atoms with van der Waals surface area (Å²) in [4.78, 5) is 12.4. The molecule has 0 radical (unpaired) electrons. The molecule has 1 atom stereocenters. The molecule has 1 saturated heterocycles. The van der Waals surface area contributed by atoms with Gasteiger partial charge in [-0.15, -0.1) is 0 Å². The number of ether oxygens (including phenoxy) is 1. The van der Waals surface area contributed by atoms with Crippen LogP contribution in [0, 0.1) is 0 Å². The SMILES string of the molecule is CC(C)n1cc2ccn([C@H]3CCOC3)c(=O)c2n1. The zero-order valence-corrected chi connectivity index (χ0v) is 10.7. The summed E-state index contributed by atoms with van der Waals surface area (Å²) >= 11 is 0. The molecule has 1 aliphatic heterocycles. The highest BCUT2D eigenvalue weighted by Crippen LogP contribution is 2.18. The van der Waals surface area contributed by atoms with Gasteiger partial charge < -0.3 is 9.30 Å². The van der Waals surface area contributed by atoms with Gasteiger partial charge in [-0.3, -0.25) is 9.48 Å². The van der Waals surface area contributed by atoms with Crippen LogP contribution >= 0.6 is 0 Å². The zero-order valence-electron chi connectivity index (χ0n) is 10.7. The highest BCUT2D eigenvalue weighted by Gasteiger charge is 2.20. The van der Waals surface area contributed by atoms with E-state index in [1.54, 1.807) is 4.57 Å². The molecule has 0 saturated carbocycles. The van der Waals surface area contributed by atoms with Crippen LogP contribution in [0.15, 0.2) is 23.3 Å². The van der Waals surface area contributed by atoms with Gasteiger partial charge in [-0.1, -0.05) is 0 Å². The molecular weight excluding hydrogens is 230 g/mol. The Kier molecular flexibility index (Phi) is 2.70. The normalized spacial score (nSPS) is 20.1. The average Bonchev–Trinajstić information content (AvgIpc) is 2.97. The molecule has 18 heavy (non-hydrogen) atoms. The fourth-order valence-electron chi connectivity index (χ4n) is 2.34. The first-order valence-corrected chi connectivity index (χ1v) is 6.34. The molecule has 96 valence electrons. The Morgan fingerprint density at radius 3 is 3.00 bits per heavy atom. The van der Waals surface area contributed by atoms with Crippen LogP contribution in [0.25, 0.3) is 10.9 Å². The standard InChI is InChI=1S/C13H17N3O2/c1-9(2)16-7-10-3-5-15(11-4-6-18-8-11)13(17)12(10)14-16/h3,5,7,9,11H,4,6,8H2,1-2H3/t11-/m0/s1. The minimum atomic E-state index is -0.0117. The van der Waals surface area contributed by atoms with E-state index in [2.05, 4.69) is 18.9 Å². The zero-order chi connectivity index (χ0) is 12.7. The number of aromatic nitrogens is 3. The second-order valence-corrected chi connectivity index (χ2v) is 5.05. The molecule has 0 spiro atoms. The van der Waals surface area contributed by atoms with Crippen molar-refractivity contribution in [2.75, 3.05) is 13.2 Å². The maximum atomic E-state index is 12.4. The molecule has 1 fully saturated rings. The second kappa shape index (κ2) is 4.24. The van der Waals surface area contributed by atoms with Crippen molar-refractivity contribution < 1.29 is 4.74 Å². The average molecular weight is 247 g/mol. The van der Waals surface area contributed by atoms with E-state index in [0.29, 0.717) is 12.1 Å². The fourth-order valence-corrected chi connectivity index (χ4v) is 2.34. The maximum Gasteiger partial charge on any atom is 0.279 e. The summed E-state index contributed by atoms with van der Waals surface area (Å²) in [6.07, 6.45) is 4.68. The molecule has 3 rings (SSSR count). The summed E-state index contributed by atoms with van der Waals surface area (Å²) in [6.45, 7) is 5.45. The first-order valence-electron chi connectivity index (χ1n) is 6.34. The van der Waals surface area contributed by atoms with Crippen LogP contribution in [-0.4, -0.2) is 27.6 Å². The lowest BCUT2D eigenvalue weighted by molar-refractivity contribution is 0.186. The van der Waals surface area contributed by atoms with Crippen LogP contribution in [0.4, 0.5) is 0 Å². The smallest absolute Gasteiger partial charge is 0.279 e. The molecule has 5 nitrogen and oxygen atoms in total. The Morgan fingerprint density at radius 2 is 2.33 bits per heavy atom. The van der Waals surface area contributed by atoms with Gasteiger partial charge in [0.2, 0.25) is 0 Å². The lowest BCUT2D eigenvalue weighted by atomic mass is 10.2.